The first-order valence-corrected chi connectivity index (χ1v) is 14.7. The summed E-state index contributed by atoms with van der Waals surface area (Å²) in [4.78, 5) is 54.1. The van der Waals surface area contributed by atoms with Gasteiger partial charge in [-0.25, -0.2) is 0 Å². The molecule has 0 radical (unpaired) electrons. The molecule has 0 aromatic heterocycles. The molecule has 2 heterocycles. The standard InChI is InChI=1S/C32H32N4O6S/c1-21-7-10-24(17-22(21)2)33-30(38)20-42-25-11-8-23(9-12-25)18-28-31(39)36(32(40)43-28)19-29(37)34-26-5-3-4-6-27(26)35-13-15-41-16-14-35/h3-12,17-18H,13-16,19-20H2,1-2H3,(H,33,38)(H,34,37)/b28-18-. The number of nitrogens with one attached hydrogen (secondary N) is 2. The normalized spacial score (nSPS) is 16.0. The first-order chi connectivity index (χ1) is 20.8. The molecule has 2 N–H and O–H groups in total. The Kier molecular flexibility index (Phi) is 9.43. The topological polar surface area (TPSA) is 117 Å². The molecule has 10 nitrogen and oxygen atoms in total. The number of rotatable bonds is 9. The average molecular weight is 601 g/mol. The molecule has 222 valence electrons. The second-order valence-corrected chi connectivity index (χ2v) is 11.1. The van der Waals surface area contributed by atoms with Crippen LogP contribution >= 0.6 is 11.8 Å². The Hall–Kier alpha value is -4.61. The zero-order chi connectivity index (χ0) is 30.3. The quantitative estimate of drug-likeness (QED) is 0.336. The van der Waals surface area contributed by atoms with Gasteiger partial charge >= 0.3 is 0 Å². The van der Waals surface area contributed by atoms with Crippen LogP contribution < -0.4 is 20.3 Å². The van der Waals surface area contributed by atoms with Crippen LogP contribution in [-0.4, -0.2) is 67.3 Å². The number of hydrogen-bond donors (Lipinski definition) is 2. The number of para-hydroxylation sites is 2. The third-order valence-electron chi connectivity index (χ3n) is 7.04. The zero-order valence-corrected chi connectivity index (χ0v) is 24.7. The van der Waals surface area contributed by atoms with Gasteiger partial charge in [-0.1, -0.05) is 30.3 Å². The number of carbonyl (C=O) groups excluding carboxylic acids is 4. The molecule has 2 saturated heterocycles. The molecule has 0 aliphatic carbocycles. The second kappa shape index (κ2) is 13.6. The molecule has 0 spiro atoms. The minimum absolute atomic E-state index is 0.163. The number of thioether (sulfide) groups is 1. The van der Waals surface area contributed by atoms with Crippen LogP contribution in [0, 0.1) is 13.8 Å². The first kappa shape index (κ1) is 29.9. The van der Waals surface area contributed by atoms with E-state index in [4.69, 9.17) is 9.47 Å². The Morgan fingerprint density at radius 1 is 0.930 bits per heavy atom. The summed E-state index contributed by atoms with van der Waals surface area (Å²) in [6.07, 6.45) is 1.59. The van der Waals surface area contributed by atoms with Gasteiger partial charge in [-0.15, -0.1) is 0 Å². The summed E-state index contributed by atoms with van der Waals surface area (Å²) < 4.78 is 11.0. The molecule has 2 aliphatic heterocycles. The third kappa shape index (κ3) is 7.62. The van der Waals surface area contributed by atoms with Crippen LogP contribution in [-0.2, 0) is 19.1 Å². The Balaban J connectivity index is 1.14. The van der Waals surface area contributed by atoms with Crippen molar-refractivity contribution in [3.8, 4) is 5.75 Å². The maximum absolute atomic E-state index is 13.0. The highest BCUT2D eigenvalue weighted by Gasteiger charge is 2.36. The molecule has 11 heteroatoms. The summed E-state index contributed by atoms with van der Waals surface area (Å²) in [5, 5.41) is 5.15. The number of nitrogens with zero attached hydrogens (tertiary/aromatic N) is 2. The van der Waals surface area contributed by atoms with Crippen molar-refractivity contribution >= 4 is 57.9 Å². The molecule has 5 rings (SSSR count). The molecule has 0 unspecified atom stereocenters. The smallest absolute Gasteiger partial charge is 0.294 e. The van der Waals surface area contributed by atoms with Crippen LogP contribution in [0.3, 0.4) is 0 Å². The van der Waals surface area contributed by atoms with E-state index in [0.29, 0.717) is 49.0 Å². The van der Waals surface area contributed by atoms with Crippen LogP contribution in [0.15, 0.2) is 71.6 Å². The van der Waals surface area contributed by atoms with Crippen molar-refractivity contribution in [2.75, 3.05) is 55.0 Å². The van der Waals surface area contributed by atoms with Gasteiger partial charge in [-0.05, 0) is 84.8 Å². The lowest BCUT2D eigenvalue weighted by Crippen LogP contribution is -2.38. The number of amides is 4. The highest BCUT2D eigenvalue weighted by atomic mass is 32.2. The number of aryl methyl sites for hydroxylation is 2. The molecular weight excluding hydrogens is 568 g/mol. The van der Waals surface area contributed by atoms with Crippen LogP contribution in [0.1, 0.15) is 16.7 Å². The number of ether oxygens (including phenoxy) is 2. The van der Waals surface area contributed by atoms with E-state index in [1.54, 1.807) is 36.4 Å². The molecule has 0 atom stereocenters. The lowest BCUT2D eigenvalue weighted by Gasteiger charge is -2.30. The molecule has 43 heavy (non-hydrogen) atoms. The predicted molar refractivity (Wildman–Crippen MR) is 167 cm³/mol. The Morgan fingerprint density at radius 2 is 1.67 bits per heavy atom. The van der Waals surface area contributed by atoms with E-state index in [-0.39, 0.29) is 17.4 Å². The maximum Gasteiger partial charge on any atom is 0.294 e. The lowest BCUT2D eigenvalue weighted by molar-refractivity contribution is -0.127. The monoisotopic (exact) mass is 600 g/mol. The van der Waals surface area contributed by atoms with Crippen LogP contribution in [0.5, 0.6) is 5.75 Å². The molecule has 3 aromatic carbocycles. The zero-order valence-electron chi connectivity index (χ0n) is 23.9. The van der Waals surface area contributed by atoms with Crippen molar-refractivity contribution in [3.05, 3.63) is 88.3 Å². The highest BCUT2D eigenvalue weighted by molar-refractivity contribution is 8.18. The van der Waals surface area contributed by atoms with Gasteiger partial charge in [-0.2, -0.15) is 0 Å². The Morgan fingerprint density at radius 3 is 2.42 bits per heavy atom. The van der Waals surface area contributed by atoms with Gasteiger partial charge in [0, 0.05) is 18.8 Å². The molecule has 0 bridgehead atoms. The Labute approximate surface area is 254 Å². The summed E-state index contributed by atoms with van der Waals surface area (Å²) >= 11 is 0.784. The van der Waals surface area contributed by atoms with E-state index in [1.807, 2.05) is 50.2 Å². The van der Waals surface area contributed by atoms with Gasteiger partial charge in [0.25, 0.3) is 17.1 Å². The van der Waals surface area contributed by atoms with Crippen molar-refractivity contribution in [1.82, 2.24) is 4.90 Å². The van der Waals surface area contributed by atoms with Gasteiger partial charge in [-0.3, -0.25) is 24.1 Å². The maximum atomic E-state index is 13.0. The van der Waals surface area contributed by atoms with Gasteiger partial charge in [0.2, 0.25) is 5.91 Å². The van der Waals surface area contributed by atoms with Crippen LogP contribution in [0.4, 0.5) is 21.9 Å². The minimum Gasteiger partial charge on any atom is -0.484 e. The van der Waals surface area contributed by atoms with Crippen LogP contribution in [0.2, 0.25) is 0 Å². The van der Waals surface area contributed by atoms with Gasteiger partial charge < -0.3 is 25.0 Å². The SMILES string of the molecule is Cc1ccc(NC(=O)COc2ccc(/C=C3\SC(=O)N(CC(=O)Nc4ccccc4N4CCOCC4)C3=O)cc2)cc1C. The third-order valence-corrected chi connectivity index (χ3v) is 7.95. The number of carbonyl (C=O) groups is 4. The average Bonchev–Trinajstić information content (AvgIpc) is 3.26. The van der Waals surface area contributed by atoms with E-state index in [9.17, 15) is 19.2 Å². The predicted octanol–water partition coefficient (Wildman–Crippen LogP) is 4.83. The van der Waals surface area contributed by atoms with Crippen molar-refractivity contribution in [2.24, 2.45) is 0 Å². The summed E-state index contributed by atoms with van der Waals surface area (Å²) in [7, 11) is 0. The van der Waals surface area contributed by atoms with Crippen molar-refractivity contribution in [1.29, 1.82) is 0 Å². The van der Waals surface area contributed by atoms with E-state index in [0.717, 1.165) is 33.5 Å². The van der Waals surface area contributed by atoms with E-state index < -0.39 is 23.6 Å². The number of imide groups is 1. The Bertz CT molecular complexity index is 1570. The molecule has 2 aliphatic rings. The van der Waals surface area contributed by atoms with Crippen molar-refractivity contribution < 1.29 is 28.7 Å². The molecule has 2 fully saturated rings. The molecule has 0 saturated carbocycles. The van der Waals surface area contributed by atoms with E-state index in [1.165, 1.54) is 0 Å². The lowest BCUT2D eigenvalue weighted by atomic mass is 10.1. The summed E-state index contributed by atoms with van der Waals surface area (Å²) in [6.45, 7) is 6.05. The number of morpholine rings is 1. The highest BCUT2D eigenvalue weighted by Crippen LogP contribution is 2.33. The summed E-state index contributed by atoms with van der Waals surface area (Å²) in [5.74, 6) is -0.800. The molecule has 3 aromatic rings. The minimum atomic E-state index is -0.532. The molecule has 4 amide bonds. The number of hydrogen-bond acceptors (Lipinski definition) is 8. The number of benzene rings is 3. The van der Waals surface area contributed by atoms with E-state index >= 15 is 0 Å². The largest absolute Gasteiger partial charge is 0.484 e. The number of anilines is 3. The van der Waals surface area contributed by atoms with Crippen LogP contribution in [0.25, 0.3) is 6.08 Å². The fraction of sp³-hybridized carbons (Fsp3) is 0.250. The van der Waals surface area contributed by atoms with Gasteiger partial charge in [0.1, 0.15) is 12.3 Å². The fourth-order valence-electron chi connectivity index (χ4n) is 4.61. The van der Waals surface area contributed by atoms with Gasteiger partial charge in [0.15, 0.2) is 6.61 Å². The summed E-state index contributed by atoms with van der Waals surface area (Å²) in [6, 6.07) is 19.9. The van der Waals surface area contributed by atoms with Crippen molar-refractivity contribution in [2.45, 2.75) is 13.8 Å². The van der Waals surface area contributed by atoms with Crippen molar-refractivity contribution in [3.63, 3.8) is 0 Å². The first-order valence-electron chi connectivity index (χ1n) is 13.8. The fourth-order valence-corrected chi connectivity index (χ4v) is 5.44. The van der Waals surface area contributed by atoms with E-state index in [2.05, 4.69) is 15.5 Å². The van der Waals surface area contributed by atoms with Gasteiger partial charge in [0.05, 0.1) is 29.5 Å². The second-order valence-electron chi connectivity index (χ2n) is 10.1. The summed E-state index contributed by atoms with van der Waals surface area (Å²) in [5.41, 5.74) is 5.08. The molecular formula is C32H32N4O6S.